The summed E-state index contributed by atoms with van der Waals surface area (Å²) >= 11 is 9.57. The van der Waals surface area contributed by atoms with Crippen LogP contribution < -0.4 is 10.1 Å². The number of halogens is 2. The number of imidazole rings is 1. The normalized spacial score (nSPS) is 10.9. The molecule has 0 saturated heterocycles. The number of carbonyl (C=O) groups excluding carboxylic acids is 1. The van der Waals surface area contributed by atoms with Crippen molar-refractivity contribution in [3.05, 3.63) is 56.4 Å². The van der Waals surface area contributed by atoms with Gasteiger partial charge in [0.2, 0.25) is 0 Å². The van der Waals surface area contributed by atoms with Gasteiger partial charge in [-0.05, 0) is 47.5 Å². The number of amides is 1. The summed E-state index contributed by atoms with van der Waals surface area (Å²) in [5, 5.41) is 12.0. The van der Waals surface area contributed by atoms with Crippen LogP contribution in [0.3, 0.4) is 0 Å². The molecule has 1 amide bonds. The zero-order valence-corrected chi connectivity index (χ0v) is 17.0. The standard InChI is InChI=1S/C18H15BrClN3O4/c1-8-4-10(19)7-23-15(9(2)21-16(8)23)17(24)22-13-6-14(27-3)11(18(25)26)5-12(13)20/h4-7H,1-3H3,(H,22,24)(H,25,26). The zero-order chi connectivity index (χ0) is 19.9. The quantitative estimate of drug-likeness (QED) is 0.615. The van der Waals surface area contributed by atoms with E-state index in [2.05, 4.69) is 26.2 Å². The first-order valence-corrected chi connectivity index (χ1v) is 8.97. The van der Waals surface area contributed by atoms with E-state index in [0.29, 0.717) is 17.0 Å². The average molecular weight is 453 g/mol. The summed E-state index contributed by atoms with van der Waals surface area (Å²) < 4.78 is 7.59. The molecular weight excluding hydrogens is 438 g/mol. The van der Waals surface area contributed by atoms with Crippen LogP contribution in [0.5, 0.6) is 5.75 Å². The van der Waals surface area contributed by atoms with Crippen molar-refractivity contribution < 1.29 is 19.4 Å². The Morgan fingerprint density at radius 3 is 2.63 bits per heavy atom. The summed E-state index contributed by atoms with van der Waals surface area (Å²) in [7, 11) is 1.34. The third-order valence-corrected chi connectivity index (χ3v) is 4.77. The van der Waals surface area contributed by atoms with Gasteiger partial charge < -0.3 is 15.2 Å². The van der Waals surface area contributed by atoms with E-state index in [0.717, 1.165) is 10.0 Å². The molecule has 0 aliphatic rings. The maximum absolute atomic E-state index is 12.9. The Kier molecular flexibility index (Phi) is 5.12. The lowest BCUT2D eigenvalue weighted by molar-refractivity contribution is 0.0693. The molecular formula is C18H15BrClN3O4. The van der Waals surface area contributed by atoms with Crippen molar-refractivity contribution in [2.24, 2.45) is 0 Å². The molecule has 2 heterocycles. The first-order chi connectivity index (χ1) is 12.7. The van der Waals surface area contributed by atoms with Crippen molar-refractivity contribution in [1.29, 1.82) is 0 Å². The number of carboxylic acid groups (broad SMARTS) is 1. The third kappa shape index (κ3) is 3.50. The number of fused-ring (bicyclic) bond motifs is 1. The Balaban J connectivity index is 2.05. The van der Waals surface area contributed by atoms with Crippen LogP contribution in [-0.4, -0.2) is 33.5 Å². The van der Waals surface area contributed by atoms with Gasteiger partial charge in [-0.25, -0.2) is 9.78 Å². The van der Waals surface area contributed by atoms with Gasteiger partial charge in [0.15, 0.2) is 0 Å². The minimum absolute atomic E-state index is 0.0883. The maximum atomic E-state index is 12.9. The van der Waals surface area contributed by atoms with E-state index in [4.69, 9.17) is 16.3 Å². The highest BCUT2D eigenvalue weighted by atomic mass is 79.9. The fourth-order valence-electron chi connectivity index (χ4n) is 2.82. The molecule has 0 bridgehead atoms. The molecule has 0 aliphatic heterocycles. The minimum atomic E-state index is -1.18. The smallest absolute Gasteiger partial charge is 0.339 e. The van der Waals surface area contributed by atoms with Gasteiger partial charge in [-0.3, -0.25) is 9.20 Å². The summed E-state index contributed by atoms with van der Waals surface area (Å²) in [5.41, 5.74) is 2.64. The van der Waals surface area contributed by atoms with E-state index in [-0.39, 0.29) is 22.0 Å². The number of hydrogen-bond donors (Lipinski definition) is 2. The second-order valence-corrected chi connectivity index (χ2v) is 7.20. The number of benzene rings is 1. The number of anilines is 1. The number of carbonyl (C=O) groups is 2. The Labute approximate surface area is 168 Å². The highest BCUT2D eigenvalue weighted by Crippen LogP contribution is 2.31. The Morgan fingerprint density at radius 2 is 2.00 bits per heavy atom. The molecule has 0 saturated carbocycles. The van der Waals surface area contributed by atoms with Gasteiger partial charge in [0.1, 0.15) is 22.7 Å². The third-order valence-electron chi connectivity index (χ3n) is 4.03. The molecule has 140 valence electrons. The molecule has 9 heteroatoms. The molecule has 0 radical (unpaired) electrons. The lowest BCUT2D eigenvalue weighted by Crippen LogP contribution is -2.16. The summed E-state index contributed by atoms with van der Waals surface area (Å²) in [6.07, 6.45) is 1.76. The molecule has 2 N–H and O–H groups in total. The first-order valence-electron chi connectivity index (χ1n) is 7.80. The van der Waals surface area contributed by atoms with Crippen LogP contribution >= 0.6 is 27.5 Å². The number of pyridine rings is 1. The second kappa shape index (κ2) is 7.21. The van der Waals surface area contributed by atoms with Gasteiger partial charge in [-0.1, -0.05) is 11.6 Å². The molecule has 2 aromatic heterocycles. The Morgan fingerprint density at radius 1 is 1.30 bits per heavy atom. The first kappa shape index (κ1) is 19.2. The minimum Gasteiger partial charge on any atom is -0.496 e. The van der Waals surface area contributed by atoms with Crippen molar-refractivity contribution >= 4 is 50.7 Å². The second-order valence-electron chi connectivity index (χ2n) is 5.87. The number of aromatic nitrogens is 2. The Hall–Kier alpha value is -2.58. The van der Waals surface area contributed by atoms with Gasteiger partial charge in [0.25, 0.3) is 5.91 Å². The van der Waals surface area contributed by atoms with E-state index in [9.17, 15) is 14.7 Å². The van der Waals surface area contributed by atoms with Crippen LogP contribution in [0.25, 0.3) is 5.65 Å². The zero-order valence-electron chi connectivity index (χ0n) is 14.6. The highest BCUT2D eigenvalue weighted by Gasteiger charge is 2.21. The topological polar surface area (TPSA) is 92.9 Å². The van der Waals surface area contributed by atoms with Gasteiger partial charge in [-0.15, -0.1) is 0 Å². The molecule has 0 atom stereocenters. The molecule has 3 rings (SSSR count). The highest BCUT2D eigenvalue weighted by molar-refractivity contribution is 9.10. The summed E-state index contributed by atoms with van der Waals surface area (Å²) in [5.74, 6) is -1.51. The molecule has 27 heavy (non-hydrogen) atoms. The van der Waals surface area contributed by atoms with E-state index >= 15 is 0 Å². The number of nitrogens with one attached hydrogen (secondary N) is 1. The number of nitrogens with zero attached hydrogens (tertiary/aromatic N) is 2. The fraction of sp³-hybridized carbons (Fsp3) is 0.167. The van der Waals surface area contributed by atoms with Gasteiger partial charge in [-0.2, -0.15) is 0 Å². The number of methoxy groups -OCH3 is 1. The number of ether oxygens (including phenoxy) is 1. The van der Waals surface area contributed by atoms with Crippen molar-refractivity contribution in [1.82, 2.24) is 9.38 Å². The van der Waals surface area contributed by atoms with Gasteiger partial charge >= 0.3 is 5.97 Å². The molecule has 7 nitrogen and oxygen atoms in total. The lowest BCUT2D eigenvalue weighted by Gasteiger charge is -2.12. The molecule has 1 aromatic carbocycles. The largest absolute Gasteiger partial charge is 0.496 e. The predicted octanol–water partition coefficient (Wildman–Crippen LogP) is 4.33. The maximum Gasteiger partial charge on any atom is 0.339 e. The van der Waals surface area contributed by atoms with Crippen LogP contribution in [0.2, 0.25) is 5.02 Å². The Bertz CT molecular complexity index is 1090. The predicted molar refractivity (Wildman–Crippen MR) is 105 cm³/mol. The van der Waals surface area contributed by atoms with Gasteiger partial charge in [0.05, 0.1) is 23.5 Å². The monoisotopic (exact) mass is 451 g/mol. The number of rotatable bonds is 4. The van der Waals surface area contributed by atoms with Crippen LogP contribution in [-0.2, 0) is 0 Å². The number of carboxylic acids is 1. The van der Waals surface area contributed by atoms with Crippen LogP contribution in [0.1, 0.15) is 32.1 Å². The molecule has 0 aliphatic carbocycles. The van der Waals surface area contributed by atoms with E-state index < -0.39 is 11.9 Å². The number of aromatic carboxylic acids is 1. The summed E-state index contributed by atoms with van der Waals surface area (Å²) in [4.78, 5) is 28.6. The molecule has 0 fully saturated rings. The molecule has 0 spiro atoms. The van der Waals surface area contributed by atoms with Crippen LogP contribution in [0, 0.1) is 13.8 Å². The number of aryl methyl sites for hydroxylation is 2. The van der Waals surface area contributed by atoms with E-state index in [1.54, 1.807) is 17.5 Å². The lowest BCUT2D eigenvalue weighted by atomic mass is 10.1. The van der Waals surface area contributed by atoms with Crippen molar-refractivity contribution in [2.75, 3.05) is 12.4 Å². The van der Waals surface area contributed by atoms with Crippen molar-refractivity contribution in [2.45, 2.75) is 13.8 Å². The molecule has 0 unspecified atom stereocenters. The van der Waals surface area contributed by atoms with Gasteiger partial charge in [0, 0.05) is 16.7 Å². The van der Waals surface area contributed by atoms with Crippen molar-refractivity contribution in [3.63, 3.8) is 0 Å². The van der Waals surface area contributed by atoms with E-state index in [1.165, 1.54) is 19.2 Å². The van der Waals surface area contributed by atoms with Crippen LogP contribution in [0.4, 0.5) is 5.69 Å². The summed E-state index contributed by atoms with van der Waals surface area (Å²) in [6.45, 7) is 3.64. The average Bonchev–Trinajstić information content (AvgIpc) is 2.92. The molecule has 3 aromatic rings. The fourth-order valence-corrected chi connectivity index (χ4v) is 3.58. The van der Waals surface area contributed by atoms with Crippen molar-refractivity contribution in [3.8, 4) is 5.75 Å². The van der Waals surface area contributed by atoms with E-state index in [1.807, 2.05) is 13.0 Å². The SMILES string of the molecule is COc1cc(NC(=O)c2c(C)nc3c(C)cc(Br)cn23)c(Cl)cc1C(=O)O. The number of hydrogen-bond acceptors (Lipinski definition) is 4. The van der Waals surface area contributed by atoms with Crippen LogP contribution in [0.15, 0.2) is 28.9 Å². The summed E-state index contributed by atoms with van der Waals surface area (Å²) in [6, 6.07) is 4.53.